The molecule has 0 unspecified atom stereocenters. The largest absolute Gasteiger partial charge is 0.489 e. The van der Waals surface area contributed by atoms with E-state index in [0.29, 0.717) is 30.8 Å². The second-order valence-electron chi connectivity index (χ2n) is 13.7. The molecule has 15 heteroatoms. The van der Waals surface area contributed by atoms with Crippen LogP contribution in [-0.2, 0) is 18.9 Å². The average molecular weight is 725 g/mol. The molecule has 1 aromatic carbocycles. The number of hydrogen-bond acceptors (Lipinski definition) is 15. The first-order valence-corrected chi connectivity index (χ1v) is 17.1. The second kappa shape index (κ2) is 18.3. The summed E-state index contributed by atoms with van der Waals surface area (Å²) in [6.45, 7) is 6.13. The summed E-state index contributed by atoms with van der Waals surface area (Å²) in [6, 6.07) is 8.40. The molecule has 11 atom stereocenters. The summed E-state index contributed by atoms with van der Waals surface area (Å²) >= 11 is 0. The van der Waals surface area contributed by atoms with Gasteiger partial charge in [0.25, 0.3) is 0 Å². The van der Waals surface area contributed by atoms with Crippen molar-refractivity contribution in [3.05, 3.63) is 64.1 Å². The molecular weight excluding hydrogens is 672 g/mol. The van der Waals surface area contributed by atoms with E-state index in [1.165, 1.54) is 6.07 Å². The average Bonchev–Trinajstić information content (AvgIpc) is 3.09. The van der Waals surface area contributed by atoms with E-state index in [1.54, 1.807) is 26.0 Å². The predicted molar refractivity (Wildman–Crippen MR) is 182 cm³/mol. The van der Waals surface area contributed by atoms with Gasteiger partial charge in [-0.3, -0.25) is 0 Å². The van der Waals surface area contributed by atoms with Gasteiger partial charge in [0.15, 0.2) is 12.6 Å². The van der Waals surface area contributed by atoms with Crippen molar-refractivity contribution in [2.75, 3.05) is 19.8 Å². The molecule has 2 fully saturated rings. The van der Waals surface area contributed by atoms with E-state index in [0.717, 1.165) is 29.4 Å². The van der Waals surface area contributed by atoms with Gasteiger partial charge < -0.3 is 69.0 Å². The van der Waals surface area contributed by atoms with Crippen LogP contribution in [0.25, 0.3) is 11.0 Å². The fourth-order valence-electron chi connectivity index (χ4n) is 5.88. The van der Waals surface area contributed by atoms with Crippen LogP contribution in [0.15, 0.2) is 62.8 Å². The zero-order valence-electron chi connectivity index (χ0n) is 29.3. The zero-order valence-corrected chi connectivity index (χ0v) is 29.3. The summed E-state index contributed by atoms with van der Waals surface area (Å²) in [5.41, 5.74) is 0.905. The van der Waals surface area contributed by atoms with Crippen molar-refractivity contribution in [3.63, 3.8) is 0 Å². The zero-order chi connectivity index (χ0) is 37.5. The highest BCUT2D eigenvalue weighted by Gasteiger charge is 2.52. The van der Waals surface area contributed by atoms with Crippen LogP contribution in [-0.4, -0.2) is 134 Å². The molecule has 51 heavy (non-hydrogen) atoms. The molecule has 0 bridgehead atoms. The number of aliphatic hydroxyl groups is 8. The molecule has 2 aliphatic heterocycles. The van der Waals surface area contributed by atoms with Crippen molar-refractivity contribution in [1.29, 1.82) is 0 Å². The van der Waals surface area contributed by atoms with Gasteiger partial charge in [-0.05, 0) is 77.7 Å². The van der Waals surface area contributed by atoms with E-state index in [1.807, 2.05) is 32.1 Å². The summed E-state index contributed by atoms with van der Waals surface area (Å²) in [5, 5.41) is 83.4. The highest BCUT2D eigenvalue weighted by Crippen LogP contribution is 2.33. The molecule has 0 radical (unpaired) electrons. The van der Waals surface area contributed by atoms with Gasteiger partial charge in [-0.25, -0.2) is 4.79 Å². The van der Waals surface area contributed by atoms with Gasteiger partial charge in [0.05, 0.1) is 24.9 Å². The third-order valence-electron chi connectivity index (χ3n) is 9.31. The minimum Gasteiger partial charge on any atom is -0.489 e. The van der Waals surface area contributed by atoms with Gasteiger partial charge >= 0.3 is 5.63 Å². The Morgan fingerprint density at radius 3 is 2.16 bits per heavy atom. The van der Waals surface area contributed by atoms with Gasteiger partial charge in [0, 0.05) is 17.5 Å². The first kappa shape index (κ1) is 41.0. The Bertz CT molecular complexity index is 1520. The number of ether oxygens (including phenoxy) is 5. The third kappa shape index (κ3) is 10.7. The Labute approximate surface area is 295 Å². The van der Waals surface area contributed by atoms with Gasteiger partial charge in [-0.1, -0.05) is 17.2 Å². The maximum atomic E-state index is 11.5. The Balaban J connectivity index is 1.29. The van der Waals surface area contributed by atoms with Gasteiger partial charge in [-0.2, -0.15) is 0 Å². The lowest BCUT2D eigenvalue weighted by Crippen LogP contribution is -2.65. The van der Waals surface area contributed by atoms with Crippen LogP contribution in [0, 0.1) is 0 Å². The Hall–Kier alpha value is -2.77. The third-order valence-corrected chi connectivity index (χ3v) is 9.31. The lowest BCUT2D eigenvalue weighted by Gasteiger charge is -2.47. The summed E-state index contributed by atoms with van der Waals surface area (Å²) in [6.07, 6.45) is -10.4. The normalized spacial score (nSPS) is 31.5. The molecule has 15 nitrogen and oxygen atoms in total. The number of fused-ring (bicyclic) bond motifs is 1. The summed E-state index contributed by atoms with van der Waals surface area (Å²) in [5.74, 6) is 0.594. The molecule has 0 saturated carbocycles. The molecule has 2 aromatic rings. The summed E-state index contributed by atoms with van der Waals surface area (Å²) < 4.78 is 33.9. The topological polar surface area (TPSA) is 238 Å². The first-order chi connectivity index (χ1) is 24.1. The molecular formula is C36H52O15. The SMILES string of the molecule is CC(=CCOc1ccc2ccc(=O)oc2c1)CCC=C(C)CC[C@H](O)C(C)(C)O[C@@H]1O[C@H](CO)[C@@H](O)[C@H](O)[C@H]1O[C@@H]1O[C@H](CO)[C@@H](O)[C@H](O)[C@H]1O. The van der Waals surface area contributed by atoms with Crippen LogP contribution in [0.1, 0.15) is 53.4 Å². The number of rotatable bonds is 16. The molecule has 0 aliphatic carbocycles. The van der Waals surface area contributed by atoms with E-state index in [9.17, 15) is 45.6 Å². The van der Waals surface area contributed by atoms with Crippen molar-refractivity contribution in [2.24, 2.45) is 0 Å². The van der Waals surface area contributed by atoms with E-state index < -0.39 is 92.0 Å². The van der Waals surface area contributed by atoms with Crippen molar-refractivity contribution in [1.82, 2.24) is 0 Å². The van der Waals surface area contributed by atoms with E-state index >= 15 is 0 Å². The van der Waals surface area contributed by atoms with Crippen LogP contribution < -0.4 is 10.4 Å². The molecule has 0 spiro atoms. The number of aliphatic hydroxyl groups excluding tert-OH is 8. The monoisotopic (exact) mass is 724 g/mol. The smallest absolute Gasteiger partial charge is 0.336 e. The molecule has 4 rings (SSSR count). The fourth-order valence-corrected chi connectivity index (χ4v) is 5.88. The highest BCUT2D eigenvalue weighted by atomic mass is 16.8. The maximum Gasteiger partial charge on any atom is 0.336 e. The van der Waals surface area contributed by atoms with E-state index in [-0.39, 0.29) is 0 Å². The molecule has 3 heterocycles. The van der Waals surface area contributed by atoms with Crippen LogP contribution in [0.3, 0.4) is 0 Å². The summed E-state index contributed by atoms with van der Waals surface area (Å²) in [4.78, 5) is 11.5. The van der Waals surface area contributed by atoms with Gasteiger partial charge in [-0.15, -0.1) is 0 Å². The molecule has 2 aliphatic rings. The van der Waals surface area contributed by atoms with Crippen LogP contribution in [0.4, 0.5) is 0 Å². The lowest BCUT2D eigenvalue weighted by atomic mass is 9.94. The van der Waals surface area contributed by atoms with Crippen molar-refractivity contribution >= 4 is 11.0 Å². The van der Waals surface area contributed by atoms with Crippen LogP contribution in [0.5, 0.6) is 5.75 Å². The maximum absolute atomic E-state index is 11.5. The number of allylic oxidation sites excluding steroid dienone is 3. The fraction of sp³-hybridized carbons (Fsp3) is 0.639. The number of hydrogen-bond donors (Lipinski definition) is 8. The quantitative estimate of drug-likeness (QED) is 0.0864. The first-order valence-electron chi connectivity index (χ1n) is 17.1. The second-order valence-corrected chi connectivity index (χ2v) is 13.7. The van der Waals surface area contributed by atoms with Crippen LogP contribution in [0.2, 0.25) is 0 Å². The predicted octanol–water partition coefficient (Wildman–Crippen LogP) is 0.405. The molecule has 8 N–H and O–H groups in total. The molecule has 2 saturated heterocycles. The Morgan fingerprint density at radius 1 is 0.843 bits per heavy atom. The van der Waals surface area contributed by atoms with Crippen molar-refractivity contribution in [3.8, 4) is 5.75 Å². The molecule has 0 amide bonds. The van der Waals surface area contributed by atoms with E-state index in [4.69, 9.17) is 28.1 Å². The summed E-state index contributed by atoms with van der Waals surface area (Å²) in [7, 11) is 0. The molecule has 1 aromatic heterocycles. The standard InChI is InChI=1S/C36H52O15/c1-19(6-5-7-20(2)14-15-46-22-11-9-21-10-13-27(40)47-23(21)16-22)8-12-26(39)36(3,4)51-35-33(31(44)29(42)25(18-38)49-35)50-34-32(45)30(43)28(41)24(17-37)48-34/h6,9-11,13-14,16,24-26,28-35,37-39,41-45H,5,7-8,12,15,17-18H2,1-4H3/t24-,25-,26+,28-,29-,30+,31+,32-,33-,34+,35+/m1/s1. The molecule has 286 valence electrons. The van der Waals surface area contributed by atoms with Crippen molar-refractivity contribution < 1.29 is 69.0 Å². The lowest BCUT2D eigenvalue weighted by molar-refractivity contribution is -0.380. The van der Waals surface area contributed by atoms with Gasteiger partial charge in [0.2, 0.25) is 0 Å². The highest BCUT2D eigenvalue weighted by molar-refractivity contribution is 5.77. The van der Waals surface area contributed by atoms with Crippen LogP contribution >= 0.6 is 0 Å². The number of benzene rings is 1. The van der Waals surface area contributed by atoms with E-state index in [2.05, 4.69) is 6.08 Å². The minimum absolute atomic E-state index is 0.295. The van der Waals surface area contributed by atoms with Crippen molar-refractivity contribution in [2.45, 2.75) is 126 Å². The minimum atomic E-state index is -1.80. The Kier molecular flexibility index (Phi) is 14.7. The Morgan fingerprint density at radius 2 is 1.47 bits per heavy atom. The van der Waals surface area contributed by atoms with Gasteiger partial charge in [0.1, 0.15) is 66.8 Å².